The molecule has 1 saturated carbocycles. The van der Waals surface area contributed by atoms with Gasteiger partial charge in [-0.25, -0.2) is 9.97 Å². The van der Waals surface area contributed by atoms with E-state index in [-0.39, 0.29) is 0 Å². The Morgan fingerprint density at radius 1 is 0.889 bits per heavy atom. The first kappa shape index (κ1) is 24.4. The molecule has 36 heavy (non-hydrogen) atoms. The number of nitrogens with zero attached hydrogens (tertiary/aromatic N) is 3. The first-order valence-electron chi connectivity index (χ1n) is 12.6. The van der Waals surface area contributed by atoms with E-state index in [0.717, 1.165) is 79.7 Å². The molecule has 1 aliphatic carbocycles. The summed E-state index contributed by atoms with van der Waals surface area (Å²) in [5, 5.41) is 10.2. The van der Waals surface area contributed by atoms with E-state index >= 15 is 0 Å². The van der Waals surface area contributed by atoms with Crippen molar-refractivity contribution < 1.29 is 13.2 Å². The monoisotopic (exact) mass is 496 g/mol. The Morgan fingerprint density at radius 2 is 1.64 bits per heavy atom. The average molecular weight is 497 g/mol. The molecule has 5 rings (SSSR count). The van der Waals surface area contributed by atoms with Crippen LogP contribution in [0.25, 0.3) is 11.3 Å². The summed E-state index contributed by atoms with van der Waals surface area (Å²) < 4.78 is 38.9. The first-order valence-corrected chi connectivity index (χ1v) is 12.6. The zero-order chi connectivity index (χ0) is 25.0. The number of alkyl halides is 3. The number of benzene rings is 1. The molecule has 0 bridgehead atoms. The van der Waals surface area contributed by atoms with E-state index in [0.29, 0.717) is 11.7 Å². The van der Waals surface area contributed by atoms with E-state index in [2.05, 4.69) is 25.8 Å². The molecule has 9 heteroatoms. The van der Waals surface area contributed by atoms with Gasteiger partial charge in [-0.1, -0.05) is 19.3 Å². The highest BCUT2D eigenvalue weighted by Crippen LogP contribution is 2.32. The number of hydrogen-bond donors (Lipinski definition) is 3. The Bertz CT molecular complexity index is 1150. The number of rotatable bonds is 6. The molecule has 2 aliphatic rings. The smallest absolute Gasteiger partial charge is 0.367 e. The molecule has 1 saturated heterocycles. The molecule has 2 fully saturated rings. The van der Waals surface area contributed by atoms with Gasteiger partial charge in [-0.05, 0) is 55.3 Å². The molecule has 3 aromatic rings. The molecule has 3 heterocycles. The van der Waals surface area contributed by atoms with Gasteiger partial charge >= 0.3 is 6.18 Å². The quantitative estimate of drug-likeness (QED) is 0.386. The van der Waals surface area contributed by atoms with Crippen molar-refractivity contribution in [3.05, 3.63) is 60.3 Å². The summed E-state index contributed by atoms with van der Waals surface area (Å²) >= 11 is 0. The molecular formula is C27H31F3N6. The van der Waals surface area contributed by atoms with Gasteiger partial charge < -0.3 is 20.9 Å². The SMILES string of the molecule is FC(F)(F)c1ccc(Nc2cc(-c3ccnc(NC4CCCCC4)c3)nc(N3CCNCC3)c2)cc1. The van der Waals surface area contributed by atoms with Gasteiger partial charge in [-0.15, -0.1) is 0 Å². The highest BCUT2D eigenvalue weighted by atomic mass is 19.4. The maximum Gasteiger partial charge on any atom is 0.416 e. The van der Waals surface area contributed by atoms with Crippen molar-refractivity contribution in [3.8, 4) is 11.3 Å². The summed E-state index contributed by atoms with van der Waals surface area (Å²) in [6.45, 7) is 3.42. The summed E-state index contributed by atoms with van der Waals surface area (Å²) in [6, 6.07) is 13.4. The number of anilines is 4. The minimum atomic E-state index is -4.36. The minimum absolute atomic E-state index is 0.443. The number of nitrogens with one attached hydrogen (secondary N) is 3. The van der Waals surface area contributed by atoms with Crippen molar-refractivity contribution in [1.29, 1.82) is 0 Å². The van der Waals surface area contributed by atoms with Crippen molar-refractivity contribution in [2.75, 3.05) is 41.7 Å². The number of aromatic nitrogens is 2. The Balaban J connectivity index is 1.43. The minimum Gasteiger partial charge on any atom is -0.367 e. The highest BCUT2D eigenvalue weighted by Gasteiger charge is 2.30. The van der Waals surface area contributed by atoms with E-state index in [1.54, 1.807) is 6.20 Å². The second-order valence-corrected chi connectivity index (χ2v) is 9.45. The van der Waals surface area contributed by atoms with Gasteiger partial charge in [-0.3, -0.25) is 0 Å². The molecule has 1 aromatic carbocycles. The fraction of sp³-hybridized carbons (Fsp3) is 0.407. The van der Waals surface area contributed by atoms with E-state index in [4.69, 9.17) is 4.98 Å². The van der Waals surface area contributed by atoms with Crippen LogP contribution in [0.15, 0.2) is 54.7 Å². The summed E-state index contributed by atoms with van der Waals surface area (Å²) in [5.41, 5.74) is 2.41. The van der Waals surface area contributed by atoms with E-state index in [1.807, 2.05) is 24.3 Å². The van der Waals surface area contributed by atoms with Gasteiger partial charge in [-0.2, -0.15) is 13.2 Å². The van der Waals surface area contributed by atoms with Gasteiger partial charge in [0.25, 0.3) is 0 Å². The molecule has 190 valence electrons. The van der Waals surface area contributed by atoms with E-state index in [9.17, 15) is 13.2 Å². The number of halogens is 3. The molecule has 6 nitrogen and oxygen atoms in total. The molecule has 0 atom stereocenters. The van der Waals surface area contributed by atoms with Crippen molar-refractivity contribution in [3.63, 3.8) is 0 Å². The van der Waals surface area contributed by atoms with Crippen LogP contribution in [0.2, 0.25) is 0 Å². The van der Waals surface area contributed by atoms with Gasteiger partial charge in [0.05, 0.1) is 11.3 Å². The Labute approximate surface area is 209 Å². The summed E-state index contributed by atoms with van der Waals surface area (Å²) in [6.07, 6.45) is 3.52. The molecule has 2 aromatic heterocycles. The maximum atomic E-state index is 13.0. The second kappa shape index (κ2) is 10.7. The Kier molecular flexibility index (Phi) is 7.27. The largest absolute Gasteiger partial charge is 0.416 e. The van der Waals surface area contributed by atoms with E-state index in [1.165, 1.54) is 31.4 Å². The van der Waals surface area contributed by atoms with Crippen LogP contribution < -0.4 is 20.9 Å². The lowest BCUT2D eigenvalue weighted by atomic mass is 9.95. The number of piperazine rings is 1. The fourth-order valence-electron chi connectivity index (χ4n) is 4.83. The van der Waals surface area contributed by atoms with Crippen LogP contribution in [0.5, 0.6) is 0 Å². The fourth-order valence-corrected chi connectivity index (χ4v) is 4.83. The normalized spacial score (nSPS) is 17.1. The zero-order valence-corrected chi connectivity index (χ0v) is 20.1. The van der Waals surface area contributed by atoms with Crippen LogP contribution in [-0.4, -0.2) is 42.2 Å². The molecular weight excluding hydrogens is 465 g/mol. The lowest BCUT2D eigenvalue weighted by Gasteiger charge is -2.29. The van der Waals surface area contributed by atoms with Crippen LogP contribution in [-0.2, 0) is 6.18 Å². The van der Waals surface area contributed by atoms with Crippen LogP contribution in [0.3, 0.4) is 0 Å². The summed E-state index contributed by atoms with van der Waals surface area (Å²) in [4.78, 5) is 11.7. The van der Waals surface area contributed by atoms with Crippen molar-refractivity contribution in [1.82, 2.24) is 15.3 Å². The summed E-state index contributed by atoms with van der Waals surface area (Å²) in [7, 11) is 0. The van der Waals surface area contributed by atoms with Gasteiger partial charge in [0.15, 0.2) is 0 Å². The lowest BCUT2D eigenvalue weighted by Crippen LogP contribution is -2.43. The zero-order valence-electron chi connectivity index (χ0n) is 20.1. The number of pyridine rings is 2. The standard InChI is InChI=1S/C27H31F3N6/c28-27(29,30)20-6-8-22(9-7-20)33-23-17-24(35-26(18-23)36-14-12-31-13-15-36)19-10-11-32-25(16-19)34-21-4-2-1-3-5-21/h6-11,16-18,21,31H,1-5,12-15H2,(H,32,34)(H,33,35). The molecule has 0 radical (unpaired) electrons. The molecule has 0 amide bonds. The molecule has 3 N–H and O–H groups in total. The van der Waals surface area contributed by atoms with Gasteiger partial charge in [0, 0.05) is 61.4 Å². The third-order valence-corrected chi connectivity index (χ3v) is 6.77. The molecule has 1 aliphatic heterocycles. The third-order valence-electron chi connectivity index (χ3n) is 6.77. The summed E-state index contributed by atoms with van der Waals surface area (Å²) in [5.74, 6) is 1.67. The van der Waals surface area contributed by atoms with Gasteiger partial charge in [0.1, 0.15) is 11.6 Å². The first-order chi connectivity index (χ1) is 17.4. The van der Waals surface area contributed by atoms with Crippen LogP contribution >= 0.6 is 0 Å². The van der Waals surface area contributed by atoms with Gasteiger partial charge in [0.2, 0.25) is 0 Å². The van der Waals surface area contributed by atoms with Crippen LogP contribution in [0.1, 0.15) is 37.7 Å². The predicted octanol–water partition coefficient (Wildman–Crippen LogP) is 6.06. The van der Waals surface area contributed by atoms with E-state index < -0.39 is 11.7 Å². The van der Waals surface area contributed by atoms with Crippen LogP contribution in [0, 0.1) is 0 Å². The lowest BCUT2D eigenvalue weighted by molar-refractivity contribution is -0.137. The average Bonchev–Trinajstić information content (AvgIpc) is 2.90. The highest BCUT2D eigenvalue weighted by molar-refractivity contribution is 5.73. The third kappa shape index (κ3) is 6.07. The Morgan fingerprint density at radius 3 is 2.36 bits per heavy atom. The molecule has 0 spiro atoms. The number of hydrogen-bond acceptors (Lipinski definition) is 6. The van der Waals surface area contributed by atoms with Crippen molar-refractivity contribution in [2.24, 2.45) is 0 Å². The molecule has 0 unspecified atom stereocenters. The van der Waals surface area contributed by atoms with Crippen molar-refractivity contribution >= 4 is 23.0 Å². The predicted molar refractivity (Wildman–Crippen MR) is 138 cm³/mol. The van der Waals surface area contributed by atoms with Crippen LogP contribution in [0.4, 0.5) is 36.2 Å². The second-order valence-electron chi connectivity index (χ2n) is 9.45. The Hall–Kier alpha value is -3.33. The topological polar surface area (TPSA) is 65.1 Å². The van der Waals surface area contributed by atoms with Crippen molar-refractivity contribution in [2.45, 2.75) is 44.3 Å². The maximum absolute atomic E-state index is 13.0.